The molecule has 3 unspecified atom stereocenters. The topological polar surface area (TPSA) is 52.6 Å². The van der Waals surface area contributed by atoms with Gasteiger partial charge in [-0.2, -0.15) is 0 Å². The van der Waals surface area contributed by atoms with Gasteiger partial charge < -0.3 is 15.3 Å². The number of benzene rings is 1. The van der Waals surface area contributed by atoms with Crippen molar-refractivity contribution in [3.63, 3.8) is 0 Å². The summed E-state index contributed by atoms with van der Waals surface area (Å²) < 4.78 is 0. The number of aryl methyl sites for hydroxylation is 1. The molecule has 0 bridgehead atoms. The molecule has 1 fully saturated rings. The molecule has 118 valence electrons. The van der Waals surface area contributed by atoms with Gasteiger partial charge in [-0.05, 0) is 61.1 Å². The molecule has 0 aromatic heterocycles. The maximum atomic E-state index is 12.5. The van der Waals surface area contributed by atoms with Crippen molar-refractivity contribution in [2.24, 2.45) is 0 Å². The molecule has 2 amide bonds. The van der Waals surface area contributed by atoms with Crippen molar-refractivity contribution in [3.8, 4) is 0 Å². The minimum atomic E-state index is -0.364. The Hall–Kier alpha value is -1.55. The fraction of sp³-hybridized carbons (Fsp3) is 0.611. The summed E-state index contributed by atoms with van der Waals surface area (Å²) in [6.07, 6.45) is 6.06. The Labute approximate surface area is 131 Å². The Kier molecular flexibility index (Phi) is 3.57. The number of carbonyl (C=O) groups excluding carboxylic acids is 1. The highest BCUT2D eigenvalue weighted by atomic mass is 16.3. The predicted molar refractivity (Wildman–Crippen MR) is 84.8 cm³/mol. The summed E-state index contributed by atoms with van der Waals surface area (Å²) in [7, 11) is 0. The zero-order valence-corrected chi connectivity index (χ0v) is 12.9. The highest BCUT2D eigenvalue weighted by Gasteiger charge is 2.36. The standard InChI is InChI=1S/C18H24N2O2/c21-14-7-3-9-20(11-14)18(22)19-16-10-13-6-1-4-12-5-2-8-15(16)17(12)13/h2,5,8,13-14,16,21H,1,3-4,6-7,9-11H2,(H,19,22). The third-order valence-corrected chi connectivity index (χ3v) is 5.51. The second-order valence-corrected chi connectivity index (χ2v) is 6.99. The van der Waals surface area contributed by atoms with Gasteiger partial charge in [-0.3, -0.25) is 0 Å². The van der Waals surface area contributed by atoms with Crippen molar-refractivity contribution in [1.82, 2.24) is 10.2 Å². The number of aliphatic hydroxyl groups excluding tert-OH is 1. The summed E-state index contributed by atoms with van der Waals surface area (Å²) in [4.78, 5) is 14.3. The molecule has 0 spiro atoms. The summed E-state index contributed by atoms with van der Waals surface area (Å²) >= 11 is 0. The molecule has 3 aliphatic rings. The average molecular weight is 300 g/mol. The number of urea groups is 1. The van der Waals surface area contributed by atoms with Gasteiger partial charge in [-0.1, -0.05) is 18.2 Å². The van der Waals surface area contributed by atoms with Crippen LogP contribution in [0.15, 0.2) is 18.2 Å². The van der Waals surface area contributed by atoms with Gasteiger partial charge in [-0.25, -0.2) is 4.79 Å². The summed E-state index contributed by atoms with van der Waals surface area (Å²) in [6, 6.07) is 6.69. The molecule has 4 rings (SSSR count). The average Bonchev–Trinajstić information content (AvgIpc) is 2.88. The van der Waals surface area contributed by atoms with Gasteiger partial charge in [0.05, 0.1) is 12.1 Å². The van der Waals surface area contributed by atoms with Crippen LogP contribution >= 0.6 is 0 Å². The molecule has 2 N–H and O–H groups in total. The zero-order chi connectivity index (χ0) is 15.1. The lowest BCUT2D eigenvalue weighted by molar-refractivity contribution is 0.0832. The van der Waals surface area contributed by atoms with E-state index in [1.54, 1.807) is 4.90 Å². The van der Waals surface area contributed by atoms with Crippen LogP contribution in [0.3, 0.4) is 0 Å². The number of carbonyl (C=O) groups is 1. The maximum Gasteiger partial charge on any atom is 0.317 e. The van der Waals surface area contributed by atoms with E-state index in [4.69, 9.17) is 0 Å². The van der Waals surface area contributed by atoms with Gasteiger partial charge in [0.2, 0.25) is 0 Å². The Morgan fingerprint density at radius 2 is 2.18 bits per heavy atom. The number of rotatable bonds is 1. The van der Waals surface area contributed by atoms with E-state index >= 15 is 0 Å². The lowest BCUT2D eigenvalue weighted by Crippen LogP contribution is -2.47. The number of hydrogen-bond donors (Lipinski definition) is 2. The molecule has 22 heavy (non-hydrogen) atoms. The van der Waals surface area contributed by atoms with Gasteiger partial charge in [0, 0.05) is 13.1 Å². The number of aliphatic hydroxyl groups is 1. The van der Waals surface area contributed by atoms with Crippen molar-refractivity contribution >= 4 is 6.03 Å². The van der Waals surface area contributed by atoms with E-state index in [1.807, 2.05) is 0 Å². The van der Waals surface area contributed by atoms with Gasteiger partial charge in [0.25, 0.3) is 0 Å². The summed E-state index contributed by atoms with van der Waals surface area (Å²) in [5, 5.41) is 13.0. The highest BCUT2D eigenvalue weighted by molar-refractivity contribution is 5.75. The first-order chi connectivity index (χ1) is 10.7. The second kappa shape index (κ2) is 5.58. The molecule has 1 heterocycles. The van der Waals surface area contributed by atoms with Crippen molar-refractivity contribution in [2.75, 3.05) is 13.1 Å². The van der Waals surface area contributed by atoms with E-state index in [2.05, 4.69) is 23.5 Å². The Balaban J connectivity index is 1.51. The van der Waals surface area contributed by atoms with Crippen LogP contribution in [0.1, 0.15) is 60.8 Å². The van der Waals surface area contributed by atoms with E-state index < -0.39 is 0 Å². The number of nitrogens with zero attached hydrogens (tertiary/aromatic N) is 1. The van der Waals surface area contributed by atoms with Gasteiger partial charge in [0.1, 0.15) is 0 Å². The quantitative estimate of drug-likeness (QED) is 0.838. The highest BCUT2D eigenvalue weighted by Crippen LogP contribution is 2.47. The number of hydrogen-bond acceptors (Lipinski definition) is 2. The van der Waals surface area contributed by atoms with Crippen LogP contribution in [0.25, 0.3) is 0 Å². The van der Waals surface area contributed by atoms with E-state index in [9.17, 15) is 9.90 Å². The van der Waals surface area contributed by atoms with Crippen molar-refractivity contribution in [2.45, 2.75) is 56.6 Å². The minimum Gasteiger partial charge on any atom is -0.391 e. The smallest absolute Gasteiger partial charge is 0.317 e. The number of nitrogens with one attached hydrogen (secondary N) is 1. The van der Waals surface area contributed by atoms with Crippen molar-refractivity contribution < 1.29 is 9.90 Å². The lowest BCUT2D eigenvalue weighted by atomic mass is 9.84. The monoisotopic (exact) mass is 300 g/mol. The molecule has 1 aromatic carbocycles. The molecular formula is C18H24N2O2. The van der Waals surface area contributed by atoms with E-state index in [1.165, 1.54) is 36.0 Å². The number of likely N-dealkylation sites (tertiary alicyclic amines) is 1. The predicted octanol–water partition coefficient (Wildman–Crippen LogP) is 2.72. The first-order valence-corrected chi connectivity index (χ1v) is 8.57. The lowest BCUT2D eigenvalue weighted by Gasteiger charge is -2.31. The SMILES string of the molecule is O=C(NC1CC2CCCc3cccc1c32)N1CCCC(O)C1. The molecular weight excluding hydrogens is 276 g/mol. The summed E-state index contributed by atoms with van der Waals surface area (Å²) in [6.45, 7) is 1.22. The van der Waals surface area contributed by atoms with E-state index in [-0.39, 0.29) is 18.2 Å². The summed E-state index contributed by atoms with van der Waals surface area (Å²) in [5.74, 6) is 0.622. The maximum absolute atomic E-state index is 12.5. The van der Waals surface area contributed by atoms with Crippen LogP contribution in [0.5, 0.6) is 0 Å². The number of β-amino-alcohol motifs (C(OH)–C–C–N with tert-alkyl or cyclic N) is 1. The number of amides is 2. The molecule has 3 atom stereocenters. The molecule has 2 aliphatic carbocycles. The van der Waals surface area contributed by atoms with Gasteiger partial charge >= 0.3 is 6.03 Å². The van der Waals surface area contributed by atoms with Crippen molar-refractivity contribution in [3.05, 3.63) is 34.9 Å². The molecule has 0 saturated carbocycles. The first kappa shape index (κ1) is 14.1. The van der Waals surface area contributed by atoms with Crippen LogP contribution in [-0.4, -0.2) is 35.2 Å². The van der Waals surface area contributed by atoms with Crippen LogP contribution < -0.4 is 5.32 Å². The second-order valence-electron chi connectivity index (χ2n) is 6.99. The number of piperidine rings is 1. The van der Waals surface area contributed by atoms with Crippen molar-refractivity contribution in [1.29, 1.82) is 0 Å². The molecule has 4 nitrogen and oxygen atoms in total. The Morgan fingerprint density at radius 3 is 3.05 bits per heavy atom. The molecule has 4 heteroatoms. The van der Waals surface area contributed by atoms with Gasteiger partial charge in [-0.15, -0.1) is 0 Å². The fourth-order valence-corrected chi connectivity index (χ4v) is 4.50. The van der Waals surface area contributed by atoms with Crippen LogP contribution in [0.4, 0.5) is 4.79 Å². The van der Waals surface area contributed by atoms with Crippen LogP contribution in [0, 0.1) is 0 Å². The first-order valence-electron chi connectivity index (χ1n) is 8.57. The minimum absolute atomic E-state index is 0.0139. The van der Waals surface area contributed by atoms with Gasteiger partial charge in [0.15, 0.2) is 0 Å². The summed E-state index contributed by atoms with van der Waals surface area (Å²) in [5.41, 5.74) is 4.32. The third kappa shape index (κ3) is 2.39. The Bertz CT molecular complexity index is 586. The van der Waals surface area contributed by atoms with E-state index in [0.29, 0.717) is 12.5 Å². The molecule has 1 saturated heterocycles. The fourth-order valence-electron chi connectivity index (χ4n) is 4.50. The zero-order valence-electron chi connectivity index (χ0n) is 12.9. The Morgan fingerprint density at radius 1 is 1.27 bits per heavy atom. The third-order valence-electron chi connectivity index (χ3n) is 5.51. The normalized spacial score (nSPS) is 30.0. The van der Waals surface area contributed by atoms with E-state index in [0.717, 1.165) is 25.8 Å². The van der Waals surface area contributed by atoms with Crippen LogP contribution in [0.2, 0.25) is 0 Å². The largest absolute Gasteiger partial charge is 0.391 e. The molecule has 1 aromatic rings. The van der Waals surface area contributed by atoms with Crippen LogP contribution in [-0.2, 0) is 6.42 Å². The molecule has 0 radical (unpaired) electrons. The molecule has 1 aliphatic heterocycles.